The number of barbiturate groups is 1. The predicted molar refractivity (Wildman–Crippen MR) is 147 cm³/mol. The Morgan fingerprint density at radius 3 is 2.47 bits per heavy atom. The first kappa shape index (κ1) is 26.7. The van der Waals surface area contributed by atoms with Crippen LogP contribution in [0.3, 0.4) is 0 Å². The highest BCUT2D eigenvalue weighted by molar-refractivity contribution is 6.39. The van der Waals surface area contributed by atoms with Crippen molar-refractivity contribution in [1.29, 1.82) is 0 Å². The number of ether oxygens (including phenoxy) is 2. The summed E-state index contributed by atoms with van der Waals surface area (Å²) in [5.74, 6) is -0.495. The lowest BCUT2D eigenvalue weighted by molar-refractivity contribution is -0.122. The van der Waals surface area contributed by atoms with E-state index in [1.165, 1.54) is 18.2 Å². The summed E-state index contributed by atoms with van der Waals surface area (Å²) >= 11 is 5.94. The lowest BCUT2D eigenvalue weighted by Gasteiger charge is -2.26. The summed E-state index contributed by atoms with van der Waals surface area (Å²) < 4.78 is 12.1. The minimum absolute atomic E-state index is 0.194. The second-order valence-electron chi connectivity index (χ2n) is 8.65. The van der Waals surface area contributed by atoms with Crippen LogP contribution in [-0.4, -0.2) is 24.5 Å². The molecule has 1 fully saturated rings. The number of halogens is 1. The van der Waals surface area contributed by atoms with E-state index >= 15 is 0 Å². The number of urea groups is 1. The number of hydrogen-bond donors (Lipinski definition) is 1. The lowest BCUT2D eigenvalue weighted by Crippen LogP contribution is -2.54. The van der Waals surface area contributed by atoms with Gasteiger partial charge in [-0.25, -0.2) is 9.69 Å². The van der Waals surface area contributed by atoms with Crippen molar-refractivity contribution >= 4 is 41.2 Å². The van der Waals surface area contributed by atoms with E-state index in [2.05, 4.69) is 11.9 Å². The molecule has 1 saturated heterocycles. The van der Waals surface area contributed by atoms with Gasteiger partial charge in [0.1, 0.15) is 12.2 Å². The van der Waals surface area contributed by atoms with Crippen molar-refractivity contribution in [2.45, 2.75) is 26.9 Å². The Balaban J connectivity index is 1.71. The van der Waals surface area contributed by atoms with Crippen LogP contribution in [0.25, 0.3) is 6.08 Å². The molecule has 0 bridgehead atoms. The number of rotatable bonds is 9. The molecule has 0 atom stereocenters. The number of benzene rings is 3. The molecule has 3 aromatic carbocycles. The molecule has 194 valence electrons. The zero-order chi connectivity index (χ0) is 27.2. The van der Waals surface area contributed by atoms with Gasteiger partial charge in [0.15, 0.2) is 11.5 Å². The second-order valence-corrected chi connectivity index (χ2v) is 9.08. The molecule has 0 aliphatic carbocycles. The predicted octanol–water partition coefficient (Wildman–Crippen LogP) is 6.02. The summed E-state index contributed by atoms with van der Waals surface area (Å²) in [5.41, 5.74) is 3.56. The average Bonchev–Trinajstić information content (AvgIpc) is 2.87. The second kappa shape index (κ2) is 11.8. The normalized spacial score (nSPS) is 14.4. The molecule has 4 rings (SSSR count). The Morgan fingerprint density at radius 1 is 1.03 bits per heavy atom. The zero-order valence-corrected chi connectivity index (χ0v) is 21.9. The lowest BCUT2D eigenvalue weighted by atomic mass is 10.0. The van der Waals surface area contributed by atoms with Gasteiger partial charge in [-0.3, -0.25) is 14.9 Å². The third-order valence-corrected chi connectivity index (χ3v) is 6.03. The van der Waals surface area contributed by atoms with Gasteiger partial charge in [-0.1, -0.05) is 47.5 Å². The van der Waals surface area contributed by atoms with Crippen LogP contribution >= 0.6 is 11.6 Å². The largest absolute Gasteiger partial charge is 0.490 e. The Labute approximate surface area is 226 Å². The van der Waals surface area contributed by atoms with Gasteiger partial charge in [-0.05, 0) is 73.9 Å². The van der Waals surface area contributed by atoms with Crippen LogP contribution in [0.5, 0.6) is 11.5 Å². The highest BCUT2D eigenvalue weighted by atomic mass is 35.5. The number of nitrogens with zero attached hydrogens (tertiary/aromatic N) is 1. The van der Waals surface area contributed by atoms with Crippen LogP contribution in [0.4, 0.5) is 10.5 Å². The van der Waals surface area contributed by atoms with Gasteiger partial charge >= 0.3 is 6.03 Å². The topological polar surface area (TPSA) is 84.9 Å². The highest BCUT2D eigenvalue weighted by Gasteiger charge is 2.36. The van der Waals surface area contributed by atoms with E-state index in [0.29, 0.717) is 41.7 Å². The summed E-state index contributed by atoms with van der Waals surface area (Å²) in [6.45, 7) is 8.44. The fourth-order valence-corrected chi connectivity index (χ4v) is 4.23. The third kappa shape index (κ3) is 5.95. The van der Waals surface area contributed by atoms with Gasteiger partial charge in [0.2, 0.25) is 0 Å². The molecule has 3 aromatic rings. The highest BCUT2D eigenvalue weighted by Crippen LogP contribution is 2.36. The van der Waals surface area contributed by atoms with Gasteiger partial charge in [-0.15, -0.1) is 6.58 Å². The fourth-order valence-electron chi connectivity index (χ4n) is 4.11. The number of aryl methyl sites for hydroxylation is 1. The quantitative estimate of drug-likeness (QED) is 0.208. The molecule has 38 heavy (non-hydrogen) atoms. The smallest absolute Gasteiger partial charge is 0.335 e. The van der Waals surface area contributed by atoms with Crippen LogP contribution in [0, 0.1) is 6.92 Å². The average molecular weight is 531 g/mol. The van der Waals surface area contributed by atoms with Crippen LogP contribution in [0.2, 0.25) is 5.02 Å². The molecule has 7 nitrogen and oxygen atoms in total. The van der Waals surface area contributed by atoms with Crippen molar-refractivity contribution in [3.63, 3.8) is 0 Å². The van der Waals surface area contributed by atoms with Crippen molar-refractivity contribution in [3.05, 3.63) is 106 Å². The van der Waals surface area contributed by atoms with Crippen LogP contribution < -0.4 is 19.7 Å². The molecule has 0 saturated carbocycles. The molecule has 1 heterocycles. The Bertz CT molecular complexity index is 1430. The Morgan fingerprint density at radius 2 is 1.79 bits per heavy atom. The van der Waals surface area contributed by atoms with Gasteiger partial charge < -0.3 is 9.47 Å². The van der Waals surface area contributed by atoms with Crippen molar-refractivity contribution in [3.8, 4) is 11.5 Å². The minimum atomic E-state index is -0.832. The van der Waals surface area contributed by atoms with E-state index in [1.807, 2.05) is 44.2 Å². The zero-order valence-electron chi connectivity index (χ0n) is 21.1. The van der Waals surface area contributed by atoms with E-state index in [1.54, 1.807) is 24.3 Å². The van der Waals surface area contributed by atoms with Crippen LogP contribution in [0.15, 0.2) is 78.9 Å². The van der Waals surface area contributed by atoms with Crippen molar-refractivity contribution in [2.24, 2.45) is 0 Å². The molecular formula is C30H27ClN2O5. The Hall–Kier alpha value is -4.36. The van der Waals surface area contributed by atoms with E-state index in [-0.39, 0.29) is 11.3 Å². The molecule has 1 N–H and O–H groups in total. The molecule has 1 aliphatic rings. The first-order valence-corrected chi connectivity index (χ1v) is 12.4. The maximum Gasteiger partial charge on any atom is 0.335 e. The summed E-state index contributed by atoms with van der Waals surface area (Å²) in [5, 5.41) is 2.68. The minimum Gasteiger partial charge on any atom is -0.490 e. The molecule has 4 amide bonds. The Kier molecular flexibility index (Phi) is 8.28. The molecule has 0 unspecified atom stereocenters. The summed E-state index contributed by atoms with van der Waals surface area (Å²) in [4.78, 5) is 39.4. The van der Waals surface area contributed by atoms with Gasteiger partial charge in [0.05, 0.1) is 12.3 Å². The molecule has 1 aliphatic heterocycles. The number of allylic oxidation sites excluding steroid dienone is 1. The number of anilines is 1. The molecule has 0 radical (unpaired) electrons. The number of nitrogens with one attached hydrogen (secondary N) is 1. The molecule has 0 spiro atoms. The number of imide groups is 2. The van der Waals surface area contributed by atoms with E-state index in [0.717, 1.165) is 21.6 Å². The summed E-state index contributed by atoms with van der Waals surface area (Å²) in [6.07, 6.45) is 3.64. The number of carbonyl (C=O) groups excluding carboxylic acids is 3. The van der Waals surface area contributed by atoms with E-state index < -0.39 is 17.8 Å². The van der Waals surface area contributed by atoms with Crippen molar-refractivity contribution in [1.82, 2.24) is 5.32 Å². The summed E-state index contributed by atoms with van der Waals surface area (Å²) in [7, 11) is 0. The number of amides is 4. The van der Waals surface area contributed by atoms with Gasteiger partial charge in [0, 0.05) is 10.6 Å². The molecule has 8 heteroatoms. The third-order valence-electron chi connectivity index (χ3n) is 5.78. The number of hydrogen-bond acceptors (Lipinski definition) is 5. The first-order valence-electron chi connectivity index (χ1n) is 12.1. The van der Waals surface area contributed by atoms with Crippen molar-refractivity contribution in [2.75, 3.05) is 11.5 Å². The van der Waals surface area contributed by atoms with Gasteiger partial charge in [-0.2, -0.15) is 0 Å². The van der Waals surface area contributed by atoms with Crippen LogP contribution in [0.1, 0.15) is 29.2 Å². The monoisotopic (exact) mass is 530 g/mol. The molecule has 0 aromatic heterocycles. The van der Waals surface area contributed by atoms with Crippen molar-refractivity contribution < 1.29 is 23.9 Å². The van der Waals surface area contributed by atoms with E-state index in [9.17, 15) is 14.4 Å². The standard InChI is InChI=1S/C30H27ClN2O5/c1-4-7-22-15-21(17-26(37-5-2)27(22)38-18-20-9-6-8-19(3)14-20)16-25-28(34)32-30(36)33(29(25)35)24-12-10-23(31)11-13-24/h4,6,8-17H,1,5,7,18H2,2-3H3,(H,32,34,36)/b25-16+. The fraction of sp³-hybridized carbons (Fsp3) is 0.167. The van der Waals surface area contributed by atoms with Crippen LogP contribution in [-0.2, 0) is 22.6 Å². The SMILES string of the molecule is C=CCc1cc(/C=C2\C(=O)NC(=O)N(c3ccc(Cl)cc3)C2=O)cc(OCC)c1OCc1cccc(C)c1. The maximum absolute atomic E-state index is 13.3. The number of carbonyl (C=O) groups is 3. The first-order chi connectivity index (χ1) is 18.3. The van der Waals surface area contributed by atoms with Gasteiger partial charge in [0.25, 0.3) is 11.8 Å². The maximum atomic E-state index is 13.3. The van der Waals surface area contributed by atoms with E-state index in [4.69, 9.17) is 21.1 Å². The summed E-state index contributed by atoms with van der Waals surface area (Å²) in [6, 6.07) is 16.9. The molecular weight excluding hydrogens is 504 g/mol.